The van der Waals surface area contributed by atoms with Gasteiger partial charge >= 0.3 is 0 Å². The Kier molecular flexibility index (Phi) is 4.55. The molecule has 0 aliphatic carbocycles. The summed E-state index contributed by atoms with van der Waals surface area (Å²) in [6.07, 6.45) is 1.88. The molecule has 3 heteroatoms. The first-order chi connectivity index (χ1) is 16.3. The molecule has 0 spiro atoms. The van der Waals surface area contributed by atoms with Gasteiger partial charge in [-0.15, -0.1) is 0 Å². The lowest BCUT2D eigenvalue weighted by atomic mass is 9.66. The Labute approximate surface area is 194 Å². The van der Waals surface area contributed by atoms with E-state index in [1.165, 1.54) is 11.1 Å². The van der Waals surface area contributed by atoms with Crippen molar-refractivity contribution in [2.45, 2.75) is 5.41 Å². The molecule has 1 aliphatic rings. The second-order valence-corrected chi connectivity index (χ2v) is 8.33. The van der Waals surface area contributed by atoms with E-state index in [1.807, 2.05) is 18.3 Å². The lowest BCUT2D eigenvalue weighted by Gasteiger charge is -2.44. The highest BCUT2D eigenvalue weighted by molar-refractivity contribution is 5.82. The van der Waals surface area contributed by atoms with Crippen LogP contribution in [-0.4, -0.2) is 17.0 Å². The first-order valence-corrected chi connectivity index (χ1v) is 11.2. The van der Waals surface area contributed by atoms with E-state index in [-0.39, 0.29) is 0 Å². The molecule has 1 aliphatic heterocycles. The number of benzene rings is 3. The monoisotopic (exact) mass is 425 g/mol. The van der Waals surface area contributed by atoms with Crippen molar-refractivity contribution in [1.82, 2.24) is 9.97 Å². The minimum absolute atomic E-state index is 0.633. The Morgan fingerprint density at radius 3 is 1.85 bits per heavy atom. The van der Waals surface area contributed by atoms with Crippen LogP contribution < -0.4 is 4.90 Å². The second kappa shape index (κ2) is 7.72. The van der Waals surface area contributed by atoms with Crippen LogP contribution in [0.1, 0.15) is 22.5 Å². The number of fused-ring (bicyclic) bond motifs is 2. The van der Waals surface area contributed by atoms with Crippen molar-refractivity contribution in [3.63, 3.8) is 0 Å². The smallest absolute Gasteiger partial charge is 0.108 e. The maximum Gasteiger partial charge on any atom is 0.108 e. The normalized spacial score (nSPS) is 13.8. The number of anilines is 2. The standard InChI is InChI=1S/C30H23N3/c1-33-26-17-7-5-14-23(26)30(28-19-9-10-21-31-28,24-15-6-8-18-27(24)33)29-20-11-16-25(32-29)22-12-3-2-4-13-22/h2-21H,1H3. The predicted molar refractivity (Wildman–Crippen MR) is 134 cm³/mol. The molecular formula is C30H23N3. The van der Waals surface area contributed by atoms with E-state index >= 15 is 0 Å². The van der Waals surface area contributed by atoms with Gasteiger partial charge in [0, 0.05) is 30.2 Å². The fraction of sp³-hybridized carbons (Fsp3) is 0.0667. The molecule has 0 atom stereocenters. The van der Waals surface area contributed by atoms with Crippen LogP contribution in [-0.2, 0) is 5.41 Å². The van der Waals surface area contributed by atoms with E-state index in [1.54, 1.807) is 0 Å². The van der Waals surface area contributed by atoms with Crippen LogP contribution in [0.15, 0.2) is 121 Å². The summed E-state index contributed by atoms with van der Waals surface area (Å²) >= 11 is 0. The molecule has 0 saturated carbocycles. The van der Waals surface area contributed by atoms with Crippen molar-refractivity contribution in [3.8, 4) is 11.3 Å². The zero-order chi connectivity index (χ0) is 22.3. The average Bonchev–Trinajstić information content (AvgIpc) is 2.90. The van der Waals surface area contributed by atoms with Crippen LogP contribution in [0.3, 0.4) is 0 Å². The predicted octanol–water partition coefficient (Wildman–Crippen LogP) is 6.61. The fourth-order valence-corrected chi connectivity index (χ4v) is 5.12. The highest BCUT2D eigenvalue weighted by Crippen LogP contribution is 2.54. The average molecular weight is 426 g/mol. The largest absolute Gasteiger partial charge is 0.344 e. The van der Waals surface area contributed by atoms with Crippen LogP contribution in [0.25, 0.3) is 11.3 Å². The van der Waals surface area contributed by atoms with Crippen LogP contribution in [0.5, 0.6) is 0 Å². The minimum Gasteiger partial charge on any atom is -0.344 e. The van der Waals surface area contributed by atoms with E-state index in [9.17, 15) is 0 Å². The lowest BCUT2D eigenvalue weighted by molar-refractivity contribution is 0.676. The SMILES string of the molecule is CN1c2ccccc2C(c2ccccn2)(c2cccc(-c3ccccc3)n2)c2ccccc21. The quantitative estimate of drug-likeness (QED) is 0.326. The van der Waals surface area contributed by atoms with Gasteiger partial charge in [0.1, 0.15) is 5.41 Å². The number of rotatable bonds is 3. The molecule has 5 aromatic rings. The Bertz CT molecular complexity index is 1380. The van der Waals surface area contributed by atoms with Gasteiger partial charge in [-0.05, 0) is 47.5 Å². The Morgan fingerprint density at radius 2 is 1.18 bits per heavy atom. The van der Waals surface area contributed by atoms with E-state index in [0.29, 0.717) is 0 Å². The molecule has 3 heterocycles. The summed E-state index contributed by atoms with van der Waals surface area (Å²) in [5.74, 6) is 0. The summed E-state index contributed by atoms with van der Waals surface area (Å²) in [6.45, 7) is 0. The van der Waals surface area contributed by atoms with E-state index in [0.717, 1.165) is 34.0 Å². The maximum atomic E-state index is 5.28. The lowest BCUT2D eigenvalue weighted by Crippen LogP contribution is -2.39. The maximum absolute atomic E-state index is 5.28. The third kappa shape index (κ3) is 2.90. The number of hydrogen-bond donors (Lipinski definition) is 0. The third-order valence-electron chi connectivity index (χ3n) is 6.59. The molecule has 158 valence electrons. The van der Waals surface area contributed by atoms with Gasteiger partial charge in [0.05, 0.1) is 17.1 Å². The molecule has 0 amide bonds. The van der Waals surface area contributed by atoms with Crippen molar-refractivity contribution >= 4 is 11.4 Å². The molecule has 6 rings (SSSR count). The van der Waals surface area contributed by atoms with Crippen molar-refractivity contribution in [2.75, 3.05) is 11.9 Å². The molecule has 0 N–H and O–H groups in total. The van der Waals surface area contributed by atoms with Gasteiger partial charge in [0.2, 0.25) is 0 Å². The van der Waals surface area contributed by atoms with Gasteiger partial charge in [0.15, 0.2) is 0 Å². The molecule has 0 fully saturated rings. The van der Waals surface area contributed by atoms with Crippen molar-refractivity contribution < 1.29 is 0 Å². The first kappa shape index (κ1) is 19.4. The number of nitrogens with zero attached hydrogens (tertiary/aromatic N) is 3. The van der Waals surface area contributed by atoms with Gasteiger partial charge < -0.3 is 4.90 Å². The van der Waals surface area contributed by atoms with Crippen LogP contribution >= 0.6 is 0 Å². The van der Waals surface area contributed by atoms with Gasteiger partial charge in [-0.25, -0.2) is 0 Å². The van der Waals surface area contributed by atoms with Crippen LogP contribution in [0.4, 0.5) is 11.4 Å². The first-order valence-electron chi connectivity index (χ1n) is 11.2. The van der Waals surface area contributed by atoms with Crippen LogP contribution in [0.2, 0.25) is 0 Å². The van der Waals surface area contributed by atoms with Crippen molar-refractivity contribution in [2.24, 2.45) is 0 Å². The van der Waals surface area contributed by atoms with E-state index in [2.05, 4.69) is 115 Å². The van der Waals surface area contributed by atoms with Gasteiger partial charge in [0.25, 0.3) is 0 Å². The van der Waals surface area contributed by atoms with Crippen molar-refractivity contribution in [1.29, 1.82) is 0 Å². The summed E-state index contributed by atoms with van der Waals surface area (Å²) < 4.78 is 0. The Hall–Kier alpha value is -4.24. The number of hydrogen-bond acceptors (Lipinski definition) is 3. The summed E-state index contributed by atoms with van der Waals surface area (Å²) in [5.41, 5.74) is 8.05. The third-order valence-corrected chi connectivity index (χ3v) is 6.59. The van der Waals surface area contributed by atoms with Gasteiger partial charge in [-0.1, -0.05) is 78.9 Å². The van der Waals surface area contributed by atoms with Crippen LogP contribution in [0, 0.1) is 0 Å². The van der Waals surface area contributed by atoms with Gasteiger partial charge in [-0.3, -0.25) is 9.97 Å². The summed E-state index contributed by atoms with van der Waals surface area (Å²) in [5, 5.41) is 0. The highest BCUT2D eigenvalue weighted by Gasteiger charge is 2.47. The van der Waals surface area contributed by atoms with E-state index in [4.69, 9.17) is 9.97 Å². The number of aromatic nitrogens is 2. The van der Waals surface area contributed by atoms with E-state index < -0.39 is 5.41 Å². The molecule has 3 aromatic carbocycles. The summed E-state index contributed by atoms with van der Waals surface area (Å²) in [4.78, 5) is 12.5. The highest BCUT2D eigenvalue weighted by atomic mass is 15.1. The summed E-state index contributed by atoms with van der Waals surface area (Å²) in [6, 6.07) is 40.1. The molecule has 33 heavy (non-hydrogen) atoms. The molecule has 3 nitrogen and oxygen atoms in total. The Balaban J connectivity index is 1.74. The second-order valence-electron chi connectivity index (χ2n) is 8.33. The number of para-hydroxylation sites is 2. The zero-order valence-corrected chi connectivity index (χ0v) is 18.4. The Morgan fingerprint density at radius 1 is 0.576 bits per heavy atom. The zero-order valence-electron chi connectivity index (χ0n) is 18.4. The molecule has 0 unspecified atom stereocenters. The molecule has 0 saturated heterocycles. The molecule has 0 radical (unpaired) electrons. The van der Waals surface area contributed by atoms with Gasteiger partial charge in [-0.2, -0.15) is 0 Å². The summed E-state index contributed by atoms with van der Waals surface area (Å²) in [7, 11) is 2.13. The van der Waals surface area contributed by atoms with Crippen molar-refractivity contribution in [3.05, 3.63) is 144 Å². The topological polar surface area (TPSA) is 29.0 Å². The number of pyridine rings is 2. The molecule has 0 bridgehead atoms. The molecular weight excluding hydrogens is 402 g/mol. The minimum atomic E-state index is -0.633. The fourth-order valence-electron chi connectivity index (χ4n) is 5.12. The molecule has 2 aromatic heterocycles.